The van der Waals surface area contributed by atoms with Crippen molar-refractivity contribution in [3.05, 3.63) is 20.3 Å². The summed E-state index contributed by atoms with van der Waals surface area (Å²) in [5, 5.41) is 11.1. The van der Waals surface area contributed by atoms with Crippen molar-refractivity contribution in [2.75, 3.05) is 0 Å². The number of carbonyl (C=O) groups is 1. The van der Waals surface area contributed by atoms with Gasteiger partial charge in [0.1, 0.15) is 0 Å². The first-order chi connectivity index (χ1) is 6.58. The Hall–Kier alpha value is -0.550. The number of aryl methyl sites for hydroxylation is 1. The maximum Gasteiger partial charge on any atom is 0.404 e. The molecule has 2 atom stereocenters. The highest BCUT2D eigenvalue weighted by molar-refractivity contribution is 9.11. The van der Waals surface area contributed by atoms with Crippen molar-refractivity contribution in [2.45, 2.75) is 25.3 Å². The third kappa shape index (κ3) is 1.93. The average molecular weight is 276 g/mol. The number of nitrogens with one attached hydrogen (secondary N) is 1. The lowest BCUT2D eigenvalue weighted by atomic mass is 10.2. The predicted molar refractivity (Wildman–Crippen MR) is 59.1 cm³/mol. The molecule has 1 aromatic heterocycles. The van der Waals surface area contributed by atoms with E-state index in [4.69, 9.17) is 5.11 Å². The van der Waals surface area contributed by atoms with Gasteiger partial charge in [-0.25, -0.2) is 4.79 Å². The Morgan fingerprint density at radius 1 is 1.79 bits per heavy atom. The predicted octanol–water partition coefficient (Wildman–Crippen LogP) is 2.94. The molecule has 1 fully saturated rings. The number of amides is 1. The van der Waals surface area contributed by atoms with Crippen LogP contribution in [0, 0.1) is 6.92 Å². The summed E-state index contributed by atoms with van der Waals surface area (Å²) in [5.41, 5.74) is 1.28. The van der Waals surface area contributed by atoms with E-state index in [1.165, 1.54) is 10.4 Å². The number of rotatable bonds is 2. The molecule has 0 spiro atoms. The van der Waals surface area contributed by atoms with Crippen LogP contribution in [0.15, 0.2) is 9.85 Å². The summed E-state index contributed by atoms with van der Waals surface area (Å²) in [7, 11) is 0. The smallest absolute Gasteiger partial charge is 0.404 e. The number of halogens is 1. The lowest BCUT2D eigenvalue weighted by Crippen LogP contribution is -2.24. The average Bonchev–Trinajstić information content (AvgIpc) is 2.70. The second-order valence-corrected chi connectivity index (χ2v) is 6.10. The summed E-state index contributed by atoms with van der Waals surface area (Å²) in [5.74, 6) is 0.383. The van der Waals surface area contributed by atoms with Gasteiger partial charge in [-0.3, -0.25) is 0 Å². The Kier molecular flexibility index (Phi) is 2.53. The minimum absolute atomic E-state index is 0.118. The fourth-order valence-electron chi connectivity index (χ4n) is 1.68. The van der Waals surface area contributed by atoms with Crippen molar-refractivity contribution >= 4 is 33.4 Å². The molecule has 2 rings (SSSR count). The van der Waals surface area contributed by atoms with Gasteiger partial charge in [-0.05, 0) is 40.9 Å². The largest absolute Gasteiger partial charge is 0.465 e. The first kappa shape index (κ1) is 9.98. The molecule has 0 aliphatic heterocycles. The first-order valence-electron chi connectivity index (χ1n) is 4.33. The molecule has 0 saturated heterocycles. The van der Waals surface area contributed by atoms with Crippen LogP contribution in [0.5, 0.6) is 0 Å². The summed E-state index contributed by atoms with van der Waals surface area (Å²) in [6, 6.07) is 2.21. The Morgan fingerprint density at radius 3 is 3.00 bits per heavy atom. The summed E-state index contributed by atoms with van der Waals surface area (Å²) >= 11 is 5.13. The molecule has 76 valence electrons. The molecule has 1 heterocycles. The molecule has 1 aliphatic carbocycles. The van der Waals surface area contributed by atoms with Crippen LogP contribution >= 0.6 is 27.3 Å². The van der Waals surface area contributed by atoms with E-state index < -0.39 is 6.09 Å². The zero-order chi connectivity index (χ0) is 10.3. The summed E-state index contributed by atoms with van der Waals surface area (Å²) < 4.78 is 1.12. The maximum absolute atomic E-state index is 10.4. The van der Waals surface area contributed by atoms with E-state index in [-0.39, 0.29) is 6.04 Å². The zero-order valence-electron chi connectivity index (χ0n) is 7.58. The zero-order valence-corrected chi connectivity index (χ0v) is 9.98. The Labute approximate surface area is 94.3 Å². The third-order valence-electron chi connectivity index (χ3n) is 2.42. The van der Waals surface area contributed by atoms with Crippen molar-refractivity contribution in [1.82, 2.24) is 5.32 Å². The van der Waals surface area contributed by atoms with E-state index in [1.807, 2.05) is 0 Å². The van der Waals surface area contributed by atoms with Crippen LogP contribution in [0.25, 0.3) is 0 Å². The minimum atomic E-state index is -0.926. The van der Waals surface area contributed by atoms with Crippen LogP contribution in [0.3, 0.4) is 0 Å². The van der Waals surface area contributed by atoms with Crippen LogP contribution < -0.4 is 5.32 Å². The topological polar surface area (TPSA) is 49.3 Å². The third-order valence-corrected chi connectivity index (χ3v) is 3.99. The number of hydrogen-bond donors (Lipinski definition) is 2. The van der Waals surface area contributed by atoms with Crippen molar-refractivity contribution in [1.29, 1.82) is 0 Å². The van der Waals surface area contributed by atoms with E-state index in [1.54, 1.807) is 11.3 Å². The van der Waals surface area contributed by atoms with Gasteiger partial charge < -0.3 is 10.4 Å². The SMILES string of the molecule is Cc1sc(Br)cc1C1CC1NC(=O)O. The van der Waals surface area contributed by atoms with E-state index in [9.17, 15) is 4.79 Å². The molecule has 2 N–H and O–H groups in total. The van der Waals surface area contributed by atoms with E-state index in [0.717, 1.165) is 10.2 Å². The van der Waals surface area contributed by atoms with Crippen LogP contribution in [0.2, 0.25) is 0 Å². The lowest BCUT2D eigenvalue weighted by Gasteiger charge is -1.98. The molecule has 0 aromatic carbocycles. The number of carboxylic acid groups (broad SMARTS) is 1. The molecule has 0 radical (unpaired) electrons. The van der Waals surface area contributed by atoms with E-state index >= 15 is 0 Å². The van der Waals surface area contributed by atoms with Crippen LogP contribution in [-0.2, 0) is 0 Å². The van der Waals surface area contributed by atoms with Gasteiger partial charge in [-0.1, -0.05) is 0 Å². The van der Waals surface area contributed by atoms with Gasteiger partial charge in [0.25, 0.3) is 0 Å². The van der Waals surface area contributed by atoms with Gasteiger partial charge in [0.05, 0.1) is 3.79 Å². The van der Waals surface area contributed by atoms with Gasteiger partial charge >= 0.3 is 6.09 Å². The molecular weight excluding hydrogens is 266 g/mol. The highest BCUT2D eigenvalue weighted by atomic mass is 79.9. The Balaban J connectivity index is 2.05. The Bertz CT molecular complexity index is 377. The molecule has 14 heavy (non-hydrogen) atoms. The summed E-state index contributed by atoms with van der Waals surface area (Å²) in [4.78, 5) is 11.7. The van der Waals surface area contributed by atoms with Crippen molar-refractivity contribution < 1.29 is 9.90 Å². The van der Waals surface area contributed by atoms with Crippen LogP contribution in [-0.4, -0.2) is 17.2 Å². The van der Waals surface area contributed by atoms with Gasteiger partial charge in [0.2, 0.25) is 0 Å². The molecule has 1 amide bonds. The molecule has 1 aliphatic rings. The second-order valence-electron chi connectivity index (χ2n) is 3.46. The molecule has 5 heteroatoms. The molecule has 0 bridgehead atoms. The van der Waals surface area contributed by atoms with Crippen molar-refractivity contribution in [3.8, 4) is 0 Å². The van der Waals surface area contributed by atoms with Gasteiger partial charge in [0, 0.05) is 16.8 Å². The molecule has 1 aromatic rings. The van der Waals surface area contributed by atoms with Gasteiger partial charge in [-0.15, -0.1) is 11.3 Å². The standard InChI is InChI=1S/C9H10BrNO2S/c1-4-5(3-8(10)14-4)6-2-7(6)11-9(12)13/h3,6-7,11H,2H2,1H3,(H,12,13). The minimum Gasteiger partial charge on any atom is -0.465 e. The quantitative estimate of drug-likeness (QED) is 0.872. The summed E-state index contributed by atoms with van der Waals surface area (Å²) in [6.45, 7) is 2.07. The number of thiophene rings is 1. The molecule has 1 saturated carbocycles. The first-order valence-corrected chi connectivity index (χ1v) is 5.94. The van der Waals surface area contributed by atoms with Crippen molar-refractivity contribution in [3.63, 3.8) is 0 Å². The maximum atomic E-state index is 10.4. The second kappa shape index (κ2) is 3.55. The van der Waals surface area contributed by atoms with Crippen molar-refractivity contribution in [2.24, 2.45) is 0 Å². The fourth-order valence-corrected chi connectivity index (χ4v) is 3.47. The van der Waals surface area contributed by atoms with Gasteiger partial charge in [-0.2, -0.15) is 0 Å². The molecule has 3 nitrogen and oxygen atoms in total. The van der Waals surface area contributed by atoms with E-state index in [2.05, 4.69) is 34.2 Å². The Morgan fingerprint density at radius 2 is 2.50 bits per heavy atom. The number of hydrogen-bond acceptors (Lipinski definition) is 2. The lowest BCUT2D eigenvalue weighted by molar-refractivity contribution is 0.193. The van der Waals surface area contributed by atoms with E-state index in [0.29, 0.717) is 5.92 Å². The highest BCUT2D eigenvalue weighted by Crippen LogP contribution is 2.45. The molecular formula is C9H10BrNO2S. The fraction of sp³-hybridized carbons (Fsp3) is 0.444. The highest BCUT2D eigenvalue weighted by Gasteiger charge is 2.40. The molecule has 2 unspecified atom stereocenters. The normalized spacial score (nSPS) is 24.7. The van der Waals surface area contributed by atoms with Crippen LogP contribution in [0.4, 0.5) is 4.79 Å². The summed E-state index contributed by atoms with van der Waals surface area (Å²) in [6.07, 6.45) is 0.000461. The van der Waals surface area contributed by atoms with Crippen LogP contribution in [0.1, 0.15) is 22.8 Å². The van der Waals surface area contributed by atoms with Gasteiger partial charge in [0.15, 0.2) is 0 Å². The monoisotopic (exact) mass is 275 g/mol.